The van der Waals surface area contributed by atoms with E-state index in [1.165, 1.54) is 4.31 Å². The molecule has 0 radical (unpaired) electrons. The number of phenols is 1. The highest BCUT2D eigenvalue weighted by molar-refractivity contribution is 7.93. The highest BCUT2D eigenvalue weighted by atomic mass is 32.2. The molecule has 0 saturated carbocycles. The van der Waals surface area contributed by atoms with Crippen LogP contribution in [0.4, 0.5) is 0 Å². The van der Waals surface area contributed by atoms with Crippen LogP contribution in [0.25, 0.3) is 6.08 Å². The van der Waals surface area contributed by atoms with Crippen LogP contribution in [0.3, 0.4) is 0 Å². The van der Waals surface area contributed by atoms with E-state index in [9.17, 15) is 13.5 Å². The highest BCUT2D eigenvalue weighted by Crippen LogP contribution is 2.33. The molecule has 1 saturated heterocycles. The first-order valence-corrected chi connectivity index (χ1v) is 8.64. The van der Waals surface area contributed by atoms with Crippen LogP contribution in [0, 0.1) is 0 Å². The average Bonchev–Trinajstić information content (AvgIpc) is 2.65. The van der Waals surface area contributed by atoms with Gasteiger partial charge in [-0.15, -0.1) is 0 Å². The van der Waals surface area contributed by atoms with E-state index in [1.807, 2.05) is 33.8 Å². The summed E-state index contributed by atoms with van der Waals surface area (Å²) in [6.45, 7) is 8.95. The van der Waals surface area contributed by atoms with Crippen molar-refractivity contribution in [1.29, 1.82) is 0 Å². The summed E-state index contributed by atoms with van der Waals surface area (Å²) in [5.74, 6) is 0.245. The monoisotopic (exact) mass is 309 g/mol. The number of hydrogen-bond donors (Lipinski definition) is 1. The zero-order valence-electron chi connectivity index (χ0n) is 13.0. The van der Waals surface area contributed by atoms with Gasteiger partial charge in [-0.05, 0) is 41.2 Å². The largest absolute Gasteiger partial charge is 0.508 e. The van der Waals surface area contributed by atoms with E-state index in [-0.39, 0.29) is 11.2 Å². The Morgan fingerprint density at radius 1 is 1.33 bits per heavy atom. The number of aromatic hydroxyl groups is 1. The van der Waals surface area contributed by atoms with Crippen molar-refractivity contribution < 1.29 is 13.5 Å². The van der Waals surface area contributed by atoms with Gasteiger partial charge in [0.05, 0.1) is 4.91 Å². The van der Waals surface area contributed by atoms with Crippen LogP contribution < -0.4 is 0 Å². The normalized spacial score (nSPS) is 21.0. The number of sulfonamides is 1. The Labute approximate surface area is 127 Å². The molecule has 1 aromatic carbocycles. The zero-order valence-corrected chi connectivity index (χ0v) is 13.9. The van der Waals surface area contributed by atoms with E-state index < -0.39 is 10.0 Å². The molecule has 1 heterocycles. The fraction of sp³-hybridized carbons (Fsp3) is 0.500. The van der Waals surface area contributed by atoms with Crippen molar-refractivity contribution in [2.45, 2.75) is 39.5 Å². The van der Waals surface area contributed by atoms with Crippen molar-refractivity contribution >= 4 is 16.1 Å². The third-order valence-electron chi connectivity index (χ3n) is 3.79. The fourth-order valence-electron chi connectivity index (χ4n) is 2.55. The number of rotatable bonds is 2. The van der Waals surface area contributed by atoms with E-state index in [0.29, 0.717) is 24.4 Å². The van der Waals surface area contributed by atoms with Gasteiger partial charge in [-0.2, -0.15) is 4.31 Å². The topological polar surface area (TPSA) is 57.6 Å². The maximum atomic E-state index is 12.3. The van der Waals surface area contributed by atoms with Crippen LogP contribution in [0.1, 0.15) is 45.2 Å². The Balaban J connectivity index is 2.44. The van der Waals surface area contributed by atoms with E-state index in [0.717, 1.165) is 11.1 Å². The predicted molar refractivity (Wildman–Crippen MR) is 85.6 cm³/mol. The number of phenolic OH excluding ortho intramolecular Hbond substituents is 1. The average molecular weight is 309 g/mol. The first-order chi connectivity index (χ1) is 9.66. The summed E-state index contributed by atoms with van der Waals surface area (Å²) in [7, 11) is -3.30. The first-order valence-electron chi connectivity index (χ1n) is 7.20. The molecule has 116 valence electrons. The standard InChI is InChI=1S/C16H23NO3S/c1-5-17-9-8-13(21(17,19)20)10-12-6-7-15(18)14(11-12)16(2,3)4/h6-7,10-11,18H,5,8-9H2,1-4H3. The fourth-order valence-corrected chi connectivity index (χ4v) is 4.19. The summed E-state index contributed by atoms with van der Waals surface area (Å²) in [6, 6.07) is 5.25. The van der Waals surface area contributed by atoms with Crippen molar-refractivity contribution in [3.05, 3.63) is 34.2 Å². The van der Waals surface area contributed by atoms with Crippen molar-refractivity contribution in [3.63, 3.8) is 0 Å². The molecule has 1 fully saturated rings. The zero-order chi connectivity index (χ0) is 15.8. The Morgan fingerprint density at radius 2 is 2.00 bits per heavy atom. The molecule has 1 aliphatic rings. The van der Waals surface area contributed by atoms with Crippen molar-refractivity contribution in [1.82, 2.24) is 4.31 Å². The number of hydrogen-bond acceptors (Lipinski definition) is 3. The van der Waals surface area contributed by atoms with Gasteiger partial charge in [0.1, 0.15) is 5.75 Å². The summed E-state index contributed by atoms with van der Waals surface area (Å²) in [5, 5.41) is 9.97. The van der Waals surface area contributed by atoms with Gasteiger partial charge in [-0.3, -0.25) is 0 Å². The Hall–Kier alpha value is -1.33. The first kappa shape index (κ1) is 16.0. The van der Waals surface area contributed by atoms with Crippen molar-refractivity contribution in [2.75, 3.05) is 13.1 Å². The molecular weight excluding hydrogens is 286 g/mol. The maximum Gasteiger partial charge on any atom is 0.239 e. The van der Waals surface area contributed by atoms with E-state index in [1.54, 1.807) is 18.2 Å². The molecule has 0 aromatic heterocycles. The lowest BCUT2D eigenvalue weighted by Gasteiger charge is -2.20. The quantitative estimate of drug-likeness (QED) is 0.913. The molecule has 0 bridgehead atoms. The third-order valence-corrected chi connectivity index (χ3v) is 5.89. The number of benzene rings is 1. The third kappa shape index (κ3) is 3.14. The molecule has 21 heavy (non-hydrogen) atoms. The summed E-state index contributed by atoms with van der Waals surface area (Å²) < 4.78 is 26.1. The van der Waals surface area contributed by atoms with Gasteiger partial charge in [0.2, 0.25) is 10.0 Å². The molecule has 0 amide bonds. The highest BCUT2D eigenvalue weighted by Gasteiger charge is 2.32. The van der Waals surface area contributed by atoms with Gasteiger partial charge in [-0.1, -0.05) is 33.8 Å². The van der Waals surface area contributed by atoms with E-state index in [4.69, 9.17) is 0 Å². The minimum absolute atomic E-state index is 0.192. The second-order valence-electron chi connectivity index (χ2n) is 6.38. The SMILES string of the molecule is CCN1CCC(=Cc2ccc(O)c(C(C)(C)C)c2)S1(=O)=O. The molecule has 0 aliphatic carbocycles. The lowest BCUT2D eigenvalue weighted by atomic mass is 9.85. The predicted octanol–water partition coefficient (Wildman–Crippen LogP) is 3.09. The van der Waals surface area contributed by atoms with Crippen LogP contribution in [-0.4, -0.2) is 30.9 Å². The molecule has 2 rings (SSSR count). The Bertz CT molecular complexity index is 669. The molecular formula is C16H23NO3S. The van der Waals surface area contributed by atoms with Crippen molar-refractivity contribution in [2.24, 2.45) is 0 Å². The van der Waals surface area contributed by atoms with Gasteiger partial charge in [0, 0.05) is 13.1 Å². The smallest absolute Gasteiger partial charge is 0.239 e. The second kappa shape index (κ2) is 5.46. The van der Waals surface area contributed by atoms with Gasteiger partial charge in [0.15, 0.2) is 0 Å². The summed E-state index contributed by atoms with van der Waals surface area (Å²) >= 11 is 0. The van der Waals surface area contributed by atoms with Crippen LogP contribution >= 0.6 is 0 Å². The number of nitrogens with zero attached hydrogens (tertiary/aromatic N) is 1. The summed E-state index contributed by atoms with van der Waals surface area (Å²) in [6.07, 6.45) is 2.27. The van der Waals surface area contributed by atoms with Gasteiger partial charge < -0.3 is 5.11 Å². The molecule has 1 aromatic rings. The maximum absolute atomic E-state index is 12.3. The Morgan fingerprint density at radius 3 is 2.52 bits per heavy atom. The van der Waals surface area contributed by atoms with E-state index >= 15 is 0 Å². The van der Waals surface area contributed by atoms with Crippen LogP contribution in [0.15, 0.2) is 23.1 Å². The van der Waals surface area contributed by atoms with Gasteiger partial charge in [0.25, 0.3) is 0 Å². The van der Waals surface area contributed by atoms with Crippen LogP contribution in [-0.2, 0) is 15.4 Å². The summed E-state index contributed by atoms with van der Waals surface area (Å²) in [5.41, 5.74) is 1.44. The molecule has 0 unspecified atom stereocenters. The lowest BCUT2D eigenvalue weighted by Crippen LogP contribution is -2.24. The minimum Gasteiger partial charge on any atom is -0.508 e. The molecule has 1 N–H and O–H groups in total. The lowest BCUT2D eigenvalue weighted by molar-refractivity contribution is 0.446. The van der Waals surface area contributed by atoms with Gasteiger partial charge in [-0.25, -0.2) is 8.42 Å². The molecule has 5 heteroatoms. The van der Waals surface area contributed by atoms with Crippen molar-refractivity contribution in [3.8, 4) is 5.75 Å². The Kier molecular flexibility index (Phi) is 4.17. The molecule has 4 nitrogen and oxygen atoms in total. The van der Waals surface area contributed by atoms with Gasteiger partial charge >= 0.3 is 0 Å². The molecule has 0 atom stereocenters. The second-order valence-corrected chi connectivity index (χ2v) is 8.37. The molecule has 0 spiro atoms. The summed E-state index contributed by atoms with van der Waals surface area (Å²) in [4.78, 5) is 0.454. The van der Waals surface area contributed by atoms with Crippen LogP contribution in [0.2, 0.25) is 0 Å². The van der Waals surface area contributed by atoms with Crippen LogP contribution in [0.5, 0.6) is 5.75 Å². The van der Waals surface area contributed by atoms with E-state index in [2.05, 4.69) is 0 Å². The molecule has 1 aliphatic heterocycles. The minimum atomic E-state index is -3.30.